The highest BCUT2D eigenvalue weighted by atomic mass is 32.2. The van der Waals surface area contributed by atoms with Gasteiger partial charge in [0.15, 0.2) is 9.84 Å². The molecule has 2 heterocycles. The quantitative estimate of drug-likeness (QED) is 0.720. The molecule has 0 spiro atoms. The second kappa shape index (κ2) is 8.19. The van der Waals surface area contributed by atoms with Crippen LogP contribution in [0, 0.1) is 0 Å². The Bertz CT molecular complexity index is 837. The molecule has 1 atom stereocenters. The number of aromatic nitrogens is 1. The van der Waals surface area contributed by atoms with E-state index >= 15 is 0 Å². The van der Waals surface area contributed by atoms with Gasteiger partial charge in [0.1, 0.15) is 10.3 Å². The average molecular weight is 413 g/mol. The lowest BCUT2D eigenvalue weighted by molar-refractivity contribution is -0.131. The third kappa shape index (κ3) is 4.35. The molecule has 0 aliphatic heterocycles. The molecule has 0 saturated heterocycles. The van der Waals surface area contributed by atoms with E-state index in [-0.39, 0.29) is 17.7 Å². The Morgan fingerprint density at radius 3 is 2.69 bits per heavy atom. The van der Waals surface area contributed by atoms with E-state index < -0.39 is 15.1 Å². The monoisotopic (exact) mass is 412 g/mol. The van der Waals surface area contributed by atoms with Gasteiger partial charge >= 0.3 is 0 Å². The fraction of sp³-hybridized carbons (Fsp3) is 0.556. The van der Waals surface area contributed by atoms with Gasteiger partial charge in [0.05, 0.1) is 16.3 Å². The van der Waals surface area contributed by atoms with E-state index in [9.17, 15) is 13.2 Å². The number of thiazole rings is 1. The Labute approximate surface area is 163 Å². The lowest BCUT2D eigenvalue weighted by Gasteiger charge is -2.32. The number of hydrogen-bond acceptors (Lipinski definition) is 6. The normalized spacial score (nSPS) is 17.2. The Morgan fingerprint density at radius 1 is 1.31 bits per heavy atom. The van der Waals surface area contributed by atoms with Crippen molar-refractivity contribution in [3.05, 3.63) is 28.6 Å². The van der Waals surface area contributed by atoms with E-state index in [1.54, 1.807) is 28.7 Å². The summed E-state index contributed by atoms with van der Waals surface area (Å²) in [6.07, 6.45) is 5.33. The molecule has 1 aliphatic carbocycles. The summed E-state index contributed by atoms with van der Waals surface area (Å²) in [5, 5.41) is 3.52. The zero-order chi connectivity index (χ0) is 18.7. The fourth-order valence-electron chi connectivity index (χ4n) is 3.31. The van der Waals surface area contributed by atoms with Crippen LogP contribution in [-0.2, 0) is 20.4 Å². The first-order valence-corrected chi connectivity index (χ1v) is 12.3. The van der Waals surface area contributed by atoms with Crippen molar-refractivity contribution in [3.63, 3.8) is 0 Å². The first-order valence-electron chi connectivity index (χ1n) is 8.85. The number of carbonyl (C=O) groups is 1. The van der Waals surface area contributed by atoms with Crippen LogP contribution >= 0.6 is 22.7 Å². The minimum atomic E-state index is -3.60. The molecule has 1 amide bonds. The minimum Gasteiger partial charge on any atom is -0.342 e. The molecule has 5 nitrogen and oxygen atoms in total. The summed E-state index contributed by atoms with van der Waals surface area (Å²) < 4.78 is 25.5. The number of thiophene rings is 1. The largest absolute Gasteiger partial charge is 0.342 e. The molecule has 1 saturated carbocycles. The zero-order valence-electron chi connectivity index (χ0n) is 15.1. The lowest BCUT2D eigenvalue weighted by Crippen LogP contribution is -2.45. The van der Waals surface area contributed by atoms with Crippen LogP contribution in [0.5, 0.6) is 0 Å². The van der Waals surface area contributed by atoms with E-state index in [0.29, 0.717) is 5.69 Å². The number of rotatable bonds is 6. The highest BCUT2D eigenvalue weighted by Crippen LogP contribution is 2.29. The van der Waals surface area contributed by atoms with Crippen LogP contribution in [0.4, 0.5) is 0 Å². The van der Waals surface area contributed by atoms with Gasteiger partial charge in [-0.25, -0.2) is 13.4 Å². The van der Waals surface area contributed by atoms with Crippen molar-refractivity contribution >= 4 is 38.4 Å². The van der Waals surface area contributed by atoms with Gasteiger partial charge in [-0.1, -0.05) is 25.3 Å². The summed E-state index contributed by atoms with van der Waals surface area (Å²) in [6.45, 7) is 1.50. The Hall–Kier alpha value is -1.25. The average Bonchev–Trinajstić information content (AvgIpc) is 3.31. The van der Waals surface area contributed by atoms with E-state index in [4.69, 9.17) is 0 Å². The fourth-order valence-corrected chi connectivity index (χ4v) is 6.33. The molecule has 0 N–H and O–H groups in total. The van der Waals surface area contributed by atoms with Crippen molar-refractivity contribution in [2.24, 2.45) is 0 Å². The van der Waals surface area contributed by atoms with Crippen LogP contribution in [0.25, 0.3) is 9.88 Å². The van der Waals surface area contributed by atoms with Crippen LogP contribution in [0.1, 0.15) is 44.7 Å². The standard InChI is InChI=1S/C18H24N2O3S3/c1-13(18(21)20(2)15-7-4-3-5-8-15)26(22,23)12-14-11-25-17(19-14)16-9-6-10-24-16/h6,9-11,13,15H,3-5,7-8,12H2,1-2H3. The molecule has 142 valence electrons. The number of sulfone groups is 1. The van der Waals surface area contributed by atoms with Crippen molar-refractivity contribution in [2.45, 2.75) is 56.1 Å². The molecule has 26 heavy (non-hydrogen) atoms. The lowest BCUT2D eigenvalue weighted by atomic mass is 9.94. The maximum atomic E-state index is 12.7. The number of nitrogens with zero attached hydrogens (tertiary/aromatic N) is 2. The molecule has 0 radical (unpaired) electrons. The molecule has 1 fully saturated rings. The molecule has 0 aromatic carbocycles. The van der Waals surface area contributed by atoms with Crippen molar-refractivity contribution in [1.29, 1.82) is 0 Å². The maximum Gasteiger partial charge on any atom is 0.240 e. The van der Waals surface area contributed by atoms with E-state index in [1.165, 1.54) is 24.7 Å². The predicted molar refractivity (Wildman–Crippen MR) is 107 cm³/mol. The van der Waals surface area contributed by atoms with Gasteiger partial charge in [-0.05, 0) is 31.2 Å². The third-order valence-corrected chi connectivity index (χ3v) is 8.90. The first-order chi connectivity index (χ1) is 12.4. The number of amides is 1. The van der Waals surface area contributed by atoms with Gasteiger partial charge < -0.3 is 4.90 Å². The summed E-state index contributed by atoms with van der Waals surface area (Å²) in [5.74, 6) is -0.495. The molecule has 0 bridgehead atoms. The van der Waals surface area contributed by atoms with Gasteiger partial charge in [-0.3, -0.25) is 4.79 Å². The van der Waals surface area contributed by atoms with Crippen LogP contribution in [0.2, 0.25) is 0 Å². The Morgan fingerprint density at radius 2 is 2.04 bits per heavy atom. The van der Waals surface area contributed by atoms with Crippen LogP contribution in [0.3, 0.4) is 0 Å². The zero-order valence-corrected chi connectivity index (χ0v) is 17.5. The SMILES string of the molecule is CC(C(=O)N(C)C1CCCCC1)S(=O)(=O)Cc1csc(-c2cccs2)n1. The molecule has 3 rings (SSSR count). The van der Waals surface area contributed by atoms with Crippen LogP contribution in [0.15, 0.2) is 22.9 Å². The van der Waals surface area contributed by atoms with Gasteiger partial charge in [0.25, 0.3) is 0 Å². The van der Waals surface area contributed by atoms with E-state index in [2.05, 4.69) is 4.98 Å². The molecule has 8 heteroatoms. The van der Waals surface area contributed by atoms with E-state index in [1.807, 2.05) is 17.5 Å². The van der Waals surface area contributed by atoms with Gasteiger partial charge in [0, 0.05) is 18.5 Å². The smallest absolute Gasteiger partial charge is 0.240 e. The molecular formula is C18H24N2O3S3. The first kappa shape index (κ1) is 19.5. The predicted octanol–water partition coefficient (Wildman–Crippen LogP) is 3.97. The topological polar surface area (TPSA) is 67.3 Å². The van der Waals surface area contributed by atoms with Gasteiger partial charge in [-0.15, -0.1) is 22.7 Å². The van der Waals surface area contributed by atoms with Crippen molar-refractivity contribution in [1.82, 2.24) is 9.88 Å². The number of carbonyl (C=O) groups excluding carboxylic acids is 1. The van der Waals surface area contributed by atoms with Crippen molar-refractivity contribution < 1.29 is 13.2 Å². The maximum absolute atomic E-state index is 12.7. The molecular weight excluding hydrogens is 388 g/mol. The van der Waals surface area contributed by atoms with Gasteiger partial charge in [0.2, 0.25) is 5.91 Å². The van der Waals surface area contributed by atoms with Gasteiger partial charge in [-0.2, -0.15) is 0 Å². The van der Waals surface area contributed by atoms with Crippen LogP contribution in [-0.4, -0.2) is 42.5 Å². The molecule has 2 aromatic rings. The molecule has 1 aliphatic rings. The highest BCUT2D eigenvalue weighted by Gasteiger charge is 2.33. The summed E-state index contributed by atoms with van der Waals surface area (Å²) in [5.41, 5.74) is 0.512. The molecule has 2 aromatic heterocycles. The van der Waals surface area contributed by atoms with Crippen molar-refractivity contribution in [2.75, 3.05) is 7.05 Å². The third-order valence-electron chi connectivity index (χ3n) is 4.99. The summed E-state index contributed by atoms with van der Waals surface area (Å²) in [6, 6.07) is 4.07. The second-order valence-corrected chi connectivity index (χ2v) is 10.9. The Kier molecular flexibility index (Phi) is 6.14. The van der Waals surface area contributed by atoms with Crippen molar-refractivity contribution in [3.8, 4) is 9.88 Å². The molecule has 1 unspecified atom stereocenters. The highest BCUT2D eigenvalue weighted by molar-refractivity contribution is 7.92. The summed E-state index contributed by atoms with van der Waals surface area (Å²) in [4.78, 5) is 19.8. The minimum absolute atomic E-state index is 0.165. The Balaban J connectivity index is 1.67. The van der Waals surface area contributed by atoms with Crippen LogP contribution < -0.4 is 0 Å². The summed E-state index contributed by atoms with van der Waals surface area (Å²) in [7, 11) is -1.86. The van der Waals surface area contributed by atoms with E-state index in [0.717, 1.165) is 35.6 Å². The second-order valence-electron chi connectivity index (χ2n) is 6.81. The number of hydrogen-bond donors (Lipinski definition) is 0. The summed E-state index contributed by atoms with van der Waals surface area (Å²) >= 11 is 3.01.